The average Bonchev–Trinajstić information content (AvgIpc) is 3.18. The van der Waals surface area contributed by atoms with E-state index in [1.54, 1.807) is 0 Å². The van der Waals surface area contributed by atoms with Gasteiger partial charge in [0.05, 0.1) is 6.04 Å². The molecule has 0 aliphatic heterocycles. The van der Waals surface area contributed by atoms with Gasteiger partial charge in [-0.1, -0.05) is 34.1 Å². The second-order valence-corrected chi connectivity index (χ2v) is 11.6. The number of nitrogens with one attached hydrogen (secondary N) is 7. The van der Waals surface area contributed by atoms with Crippen LogP contribution in [-0.4, -0.2) is 100 Å². The Morgan fingerprint density at radius 1 is 0.511 bits per heavy atom. The SMILES string of the molecule is CCNCCCC[C@H](NC(=O)[C@H](CCCCNCC)NC(=O)[C@H](CCCCNCC)NC(=O)[C@@H](N)CCCCNCC)C(N)=O.[2HH].[2HH].[2H][2H].[2H][2H].[2H][2H].[2H][2H]. The van der Waals surface area contributed by atoms with Gasteiger partial charge in [-0.3, -0.25) is 19.2 Å². The summed E-state index contributed by atoms with van der Waals surface area (Å²) in [4.78, 5) is 52.2. The summed E-state index contributed by atoms with van der Waals surface area (Å²) < 4.78 is 40.0. The molecule has 13 nitrogen and oxygen atoms in total. The van der Waals surface area contributed by atoms with Crippen LogP contribution >= 0.6 is 0 Å². The van der Waals surface area contributed by atoms with Crippen molar-refractivity contribution in [3.63, 3.8) is 0 Å². The first-order chi connectivity index (χ1) is 25.7. The Bertz CT molecular complexity index is 825. The highest BCUT2D eigenvalue weighted by molar-refractivity contribution is 5.94. The molecule has 0 saturated heterocycles. The number of hydrogen-bond acceptors (Lipinski definition) is 9. The van der Waals surface area contributed by atoms with E-state index < -0.39 is 41.9 Å². The Kier molecular flexibility index (Phi) is 23.0. The number of unbranched alkanes of at least 4 members (excludes halogenated alkanes) is 4. The summed E-state index contributed by atoms with van der Waals surface area (Å²) in [5, 5.41) is 21.6. The molecule has 4 atom stereocenters. The fraction of sp³-hybridized carbons (Fsp3) is 0.875. The van der Waals surface area contributed by atoms with Crippen LogP contribution in [0, 0.1) is 0 Å². The van der Waals surface area contributed by atoms with Crippen LogP contribution < -0.4 is 48.7 Å². The molecule has 0 radical (unpaired) electrons. The smallest absolute Gasteiger partial charge is 0.243 e. The van der Waals surface area contributed by atoms with Crippen LogP contribution in [0.3, 0.4) is 0 Å². The largest absolute Gasteiger partial charge is 0.368 e. The fourth-order valence-electron chi connectivity index (χ4n) is 4.89. The van der Waals surface area contributed by atoms with E-state index >= 15 is 0 Å². The number of primary amides is 1. The van der Waals surface area contributed by atoms with Gasteiger partial charge in [-0.05, 0) is 123 Å². The number of carbonyl (C=O) groups is 4. The monoisotopic (exact) mass is 664 g/mol. The van der Waals surface area contributed by atoms with E-state index in [0.717, 1.165) is 90.9 Å². The number of nitrogens with two attached hydrogens (primary N) is 2. The molecule has 0 aromatic heterocycles. The third-order valence-electron chi connectivity index (χ3n) is 7.67. The molecule has 0 heterocycles. The van der Waals surface area contributed by atoms with Gasteiger partial charge in [-0.2, -0.15) is 0 Å². The maximum atomic E-state index is 13.6. The van der Waals surface area contributed by atoms with Crippen LogP contribution in [0.25, 0.3) is 0 Å². The molecule has 0 rings (SSSR count). The van der Waals surface area contributed by atoms with Crippen molar-refractivity contribution in [1.29, 1.82) is 0 Å². The van der Waals surface area contributed by atoms with Crippen LogP contribution in [-0.2, 0) is 19.2 Å². The molecule has 0 spiro atoms. The Morgan fingerprint density at radius 3 is 1.18 bits per heavy atom. The summed E-state index contributed by atoms with van der Waals surface area (Å²) in [6.45, 7) is 14.9. The molecule has 13 heteroatoms. The minimum atomic E-state index is -0.872. The van der Waals surface area contributed by atoms with Crippen LogP contribution in [0.15, 0.2) is 0 Å². The summed E-state index contributed by atoms with van der Waals surface area (Å²) in [7, 11) is 0. The minimum absolute atomic E-state index is 0. The number of rotatable bonds is 31. The molecular weight excluding hydrogens is 574 g/mol. The third kappa shape index (κ3) is 22.8. The van der Waals surface area contributed by atoms with Crippen LogP contribution in [0.1, 0.15) is 119 Å². The van der Waals surface area contributed by atoms with Gasteiger partial charge < -0.3 is 48.7 Å². The van der Waals surface area contributed by atoms with E-state index in [4.69, 9.17) is 23.3 Å². The number of carbonyl (C=O) groups excluding carboxylic acids is 4. The van der Waals surface area contributed by atoms with Crippen molar-refractivity contribution < 1.29 is 33.9 Å². The maximum absolute atomic E-state index is 13.6. The van der Waals surface area contributed by atoms with Gasteiger partial charge in [-0.25, -0.2) is 0 Å². The number of hydrogen-bond donors (Lipinski definition) is 9. The molecule has 45 heavy (non-hydrogen) atoms. The maximum Gasteiger partial charge on any atom is 0.243 e. The highest BCUT2D eigenvalue weighted by Gasteiger charge is 2.29. The van der Waals surface area contributed by atoms with Gasteiger partial charge in [0.15, 0.2) is 0 Å². The predicted octanol–water partition coefficient (Wildman–Crippen LogP) is 1.85. The Hall–Kier alpha value is -2.32. The quantitative estimate of drug-likeness (QED) is 0.0496. The summed E-state index contributed by atoms with van der Waals surface area (Å²) in [6.07, 6.45) is 8.09. The molecule has 0 bridgehead atoms. The van der Waals surface area contributed by atoms with Gasteiger partial charge in [-0.15, -0.1) is 0 Å². The van der Waals surface area contributed by atoms with Gasteiger partial charge in [0.1, 0.15) is 18.1 Å². The van der Waals surface area contributed by atoms with Crippen molar-refractivity contribution in [3.05, 3.63) is 0 Å². The van der Waals surface area contributed by atoms with Gasteiger partial charge in [0, 0.05) is 14.7 Å². The van der Waals surface area contributed by atoms with Gasteiger partial charge >= 0.3 is 0 Å². The van der Waals surface area contributed by atoms with E-state index in [9.17, 15) is 19.2 Å². The zero-order valence-electron chi connectivity index (χ0n) is 36.7. The van der Waals surface area contributed by atoms with Crippen molar-refractivity contribution in [2.45, 2.75) is 129 Å². The molecule has 0 aromatic carbocycles. The van der Waals surface area contributed by atoms with Gasteiger partial charge in [0.2, 0.25) is 23.6 Å². The van der Waals surface area contributed by atoms with Crippen molar-refractivity contribution in [2.75, 3.05) is 52.4 Å². The van der Waals surface area contributed by atoms with Gasteiger partial charge in [0.25, 0.3) is 0 Å². The standard InChI is InChI=1S/C32H67N9O4.6H2/c1-5-35-21-13-9-17-25(33)30(43)40-27(19-11-15-23-37-7-3)32(45)41-28(20-12-16-24-38-8-4)31(44)39-26(29(34)42)18-10-14-22-36-6-2;;;;;;/h25-28,35-38H,5-24,33H2,1-4H3,(H2,34,42)(H,39,44)(H,40,43)(H,41,45);6*1H/t25-,26-,27-,28-;;;;;;/m0....../s1/i;4*1+1D;2*1+1. The molecular formula is C32H79N9O4. The first-order valence-corrected chi connectivity index (χ1v) is 17.5. The highest BCUT2D eigenvalue weighted by atomic mass is 16.2. The zero-order valence-corrected chi connectivity index (χ0v) is 28.7. The van der Waals surface area contributed by atoms with E-state index in [1.165, 1.54) is 0 Å². The first kappa shape index (κ1) is 35.5. The van der Waals surface area contributed by atoms with E-state index in [1.807, 2.05) is 27.7 Å². The van der Waals surface area contributed by atoms with Crippen LogP contribution in [0.5, 0.6) is 0 Å². The third-order valence-corrected chi connectivity index (χ3v) is 7.67. The molecule has 4 amide bonds. The summed E-state index contributed by atoms with van der Waals surface area (Å²) in [6, 6.07) is -3.25. The van der Waals surface area contributed by atoms with E-state index in [2.05, 4.69) is 37.2 Å². The first-order valence-electron chi connectivity index (χ1n) is 21.5. The Balaban J connectivity index is -0.000000430. The molecule has 0 fully saturated rings. The second-order valence-electron chi connectivity index (χ2n) is 11.6. The average molecular weight is 664 g/mol. The lowest BCUT2D eigenvalue weighted by atomic mass is 10.0. The van der Waals surface area contributed by atoms with Crippen molar-refractivity contribution in [2.24, 2.45) is 11.5 Å². The molecule has 0 unspecified atom stereocenters. The van der Waals surface area contributed by atoms with Crippen molar-refractivity contribution in [3.8, 4) is 0 Å². The lowest BCUT2D eigenvalue weighted by Gasteiger charge is -2.26. The second kappa shape index (κ2) is 29.1. The summed E-state index contributed by atoms with van der Waals surface area (Å²) in [5.41, 5.74) is 11.8. The fourth-order valence-corrected chi connectivity index (χ4v) is 4.89. The molecule has 0 saturated carbocycles. The Morgan fingerprint density at radius 2 is 0.822 bits per heavy atom. The van der Waals surface area contributed by atoms with E-state index in [-0.39, 0.29) is 8.76 Å². The summed E-state index contributed by atoms with van der Waals surface area (Å²) in [5.74, 6) is -1.85. The van der Waals surface area contributed by atoms with Crippen LogP contribution in [0.2, 0.25) is 0 Å². The van der Waals surface area contributed by atoms with Crippen LogP contribution in [0.4, 0.5) is 0 Å². The molecule has 0 aromatic rings. The number of amides is 4. The molecule has 11 N–H and O–H groups in total. The van der Waals surface area contributed by atoms with Crippen molar-refractivity contribution in [1.82, 2.24) is 37.2 Å². The predicted molar refractivity (Wildman–Crippen MR) is 195 cm³/mol. The lowest BCUT2D eigenvalue weighted by Crippen LogP contribution is -2.57. The normalized spacial score (nSPS) is 14.6. The zero-order chi connectivity index (χ0) is 41.7. The molecule has 276 valence electrons. The summed E-state index contributed by atoms with van der Waals surface area (Å²) >= 11 is 0. The highest BCUT2D eigenvalue weighted by Crippen LogP contribution is 2.09. The molecule has 0 aliphatic rings. The van der Waals surface area contributed by atoms with Crippen molar-refractivity contribution >= 4 is 23.6 Å². The minimum Gasteiger partial charge on any atom is -0.368 e. The lowest BCUT2D eigenvalue weighted by molar-refractivity contribution is -0.133. The molecule has 0 aliphatic carbocycles. The topological polar surface area (TPSA) is 205 Å². The Labute approximate surface area is 288 Å². The van der Waals surface area contributed by atoms with E-state index in [0.29, 0.717) is 38.5 Å².